The van der Waals surface area contributed by atoms with Crippen molar-refractivity contribution >= 4 is 23.7 Å². The van der Waals surface area contributed by atoms with Crippen LogP contribution in [0.5, 0.6) is 0 Å². The van der Waals surface area contributed by atoms with Crippen LogP contribution in [0.3, 0.4) is 0 Å². The fourth-order valence-electron chi connectivity index (χ4n) is 3.62. The highest BCUT2D eigenvalue weighted by Gasteiger charge is 2.49. The van der Waals surface area contributed by atoms with Gasteiger partial charge in [0.15, 0.2) is 11.7 Å². The molecule has 2 heterocycles. The standard InChI is InChI=1S/C23H21NO4/c1-15-12-13-28-20(15)11-9-16-8-10-19-18(14-16)23(26,17-6-4-3-5-7-17)21(27-2)22(25)24-19/h3-14,21,26H,1-2H3,(H,24,25)/b11-9+. The van der Waals surface area contributed by atoms with Crippen LogP contribution in [0, 0.1) is 6.92 Å². The number of hydrogen-bond acceptors (Lipinski definition) is 4. The Morgan fingerprint density at radius 3 is 2.61 bits per heavy atom. The van der Waals surface area contributed by atoms with E-state index in [2.05, 4.69) is 5.32 Å². The van der Waals surface area contributed by atoms with E-state index in [1.165, 1.54) is 7.11 Å². The number of rotatable bonds is 4. The number of anilines is 1. The number of methoxy groups -OCH3 is 1. The van der Waals surface area contributed by atoms with Crippen LogP contribution >= 0.6 is 0 Å². The number of amides is 1. The van der Waals surface area contributed by atoms with Crippen LogP contribution in [0.4, 0.5) is 5.69 Å². The number of carbonyl (C=O) groups is 1. The van der Waals surface area contributed by atoms with Crippen LogP contribution in [0.1, 0.15) is 28.0 Å². The van der Waals surface area contributed by atoms with E-state index in [4.69, 9.17) is 9.15 Å². The van der Waals surface area contributed by atoms with Gasteiger partial charge in [0.1, 0.15) is 5.76 Å². The molecule has 0 aliphatic carbocycles. The van der Waals surface area contributed by atoms with Crippen molar-refractivity contribution in [2.75, 3.05) is 12.4 Å². The van der Waals surface area contributed by atoms with Gasteiger partial charge >= 0.3 is 0 Å². The second-order valence-electron chi connectivity index (χ2n) is 6.84. The molecule has 1 amide bonds. The monoisotopic (exact) mass is 375 g/mol. The Morgan fingerprint density at radius 2 is 1.93 bits per heavy atom. The van der Waals surface area contributed by atoms with Crippen LogP contribution in [0.2, 0.25) is 0 Å². The van der Waals surface area contributed by atoms with E-state index in [1.54, 1.807) is 24.5 Å². The summed E-state index contributed by atoms with van der Waals surface area (Å²) < 4.78 is 10.9. The Balaban J connectivity index is 1.83. The molecular weight excluding hydrogens is 354 g/mol. The minimum atomic E-state index is -1.60. The first-order valence-electron chi connectivity index (χ1n) is 9.02. The van der Waals surface area contributed by atoms with Crippen molar-refractivity contribution < 1.29 is 19.1 Å². The molecule has 2 atom stereocenters. The Kier molecular flexibility index (Phi) is 4.63. The lowest BCUT2D eigenvalue weighted by molar-refractivity contribution is -0.142. The molecule has 5 heteroatoms. The molecule has 28 heavy (non-hydrogen) atoms. The second-order valence-corrected chi connectivity index (χ2v) is 6.84. The van der Waals surface area contributed by atoms with Crippen LogP contribution in [0.25, 0.3) is 12.2 Å². The molecule has 142 valence electrons. The number of nitrogens with one attached hydrogen (secondary N) is 1. The summed E-state index contributed by atoms with van der Waals surface area (Å²) in [6.45, 7) is 1.98. The molecule has 0 saturated heterocycles. The summed E-state index contributed by atoms with van der Waals surface area (Å²) in [7, 11) is 1.42. The van der Waals surface area contributed by atoms with Gasteiger partial charge in [-0.05, 0) is 47.9 Å². The predicted octanol–water partition coefficient (Wildman–Crippen LogP) is 3.96. The lowest BCUT2D eigenvalue weighted by Crippen LogP contribution is -2.52. The first kappa shape index (κ1) is 18.2. The number of carbonyl (C=O) groups excluding carboxylic acids is 1. The zero-order valence-electron chi connectivity index (χ0n) is 15.7. The SMILES string of the molecule is COC1C(=O)Nc2ccc(/C=C/c3occc3C)cc2C1(O)c1ccccc1. The van der Waals surface area contributed by atoms with Crippen molar-refractivity contribution in [3.8, 4) is 0 Å². The molecule has 1 aromatic heterocycles. The summed E-state index contributed by atoms with van der Waals surface area (Å²) in [6, 6.07) is 16.6. The minimum Gasteiger partial charge on any atom is -0.465 e. The lowest BCUT2D eigenvalue weighted by atomic mass is 9.77. The van der Waals surface area contributed by atoms with Crippen LogP contribution in [-0.4, -0.2) is 24.2 Å². The number of fused-ring (bicyclic) bond motifs is 1. The topological polar surface area (TPSA) is 71.7 Å². The number of aliphatic hydroxyl groups is 1. The van der Waals surface area contributed by atoms with Crippen molar-refractivity contribution in [3.63, 3.8) is 0 Å². The Bertz CT molecular complexity index is 1040. The molecule has 0 spiro atoms. The van der Waals surface area contributed by atoms with E-state index in [0.717, 1.165) is 16.9 Å². The van der Waals surface area contributed by atoms with E-state index < -0.39 is 11.7 Å². The van der Waals surface area contributed by atoms with Gasteiger partial charge in [-0.15, -0.1) is 0 Å². The van der Waals surface area contributed by atoms with Crippen molar-refractivity contribution in [2.24, 2.45) is 0 Å². The van der Waals surface area contributed by atoms with Gasteiger partial charge in [0, 0.05) is 18.4 Å². The molecule has 3 aromatic rings. The van der Waals surface area contributed by atoms with E-state index in [0.29, 0.717) is 16.8 Å². The highest BCUT2D eigenvalue weighted by atomic mass is 16.5. The van der Waals surface area contributed by atoms with E-state index in [9.17, 15) is 9.90 Å². The fourth-order valence-corrected chi connectivity index (χ4v) is 3.62. The van der Waals surface area contributed by atoms with Crippen LogP contribution < -0.4 is 5.32 Å². The number of hydrogen-bond donors (Lipinski definition) is 2. The second kappa shape index (κ2) is 7.11. The van der Waals surface area contributed by atoms with Gasteiger partial charge in [-0.25, -0.2) is 0 Å². The summed E-state index contributed by atoms with van der Waals surface area (Å²) >= 11 is 0. The molecule has 1 aliphatic rings. The smallest absolute Gasteiger partial charge is 0.257 e. The number of aryl methyl sites for hydroxylation is 1. The van der Waals surface area contributed by atoms with E-state index in [1.807, 2.05) is 55.5 Å². The number of furan rings is 1. The lowest BCUT2D eigenvalue weighted by Gasteiger charge is -2.40. The van der Waals surface area contributed by atoms with Crippen molar-refractivity contribution in [1.29, 1.82) is 0 Å². The summed E-state index contributed by atoms with van der Waals surface area (Å²) in [5.41, 5.74) is 2.06. The van der Waals surface area contributed by atoms with Crippen LogP contribution in [-0.2, 0) is 15.1 Å². The van der Waals surface area contributed by atoms with E-state index >= 15 is 0 Å². The molecular formula is C23H21NO4. The summed E-state index contributed by atoms with van der Waals surface area (Å²) in [5, 5.41) is 14.5. The van der Waals surface area contributed by atoms with E-state index in [-0.39, 0.29) is 5.91 Å². The maximum Gasteiger partial charge on any atom is 0.257 e. The molecule has 4 rings (SSSR count). The van der Waals surface area contributed by atoms with Gasteiger partial charge < -0.3 is 19.6 Å². The molecule has 0 fully saturated rings. The molecule has 1 aliphatic heterocycles. The molecule has 0 radical (unpaired) electrons. The van der Waals surface area contributed by atoms with Gasteiger partial charge in [-0.3, -0.25) is 4.79 Å². The summed E-state index contributed by atoms with van der Waals surface area (Å²) in [5.74, 6) is 0.398. The Labute approximate surface area is 163 Å². The third kappa shape index (κ3) is 2.95. The first-order chi connectivity index (χ1) is 13.5. The van der Waals surface area contributed by atoms with Gasteiger partial charge in [0.2, 0.25) is 0 Å². The zero-order chi connectivity index (χ0) is 19.7. The highest BCUT2D eigenvalue weighted by Crippen LogP contribution is 2.42. The predicted molar refractivity (Wildman–Crippen MR) is 108 cm³/mol. The highest BCUT2D eigenvalue weighted by molar-refractivity contribution is 6.00. The Hall–Kier alpha value is -3.15. The summed E-state index contributed by atoms with van der Waals surface area (Å²) in [6.07, 6.45) is 4.38. The first-order valence-corrected chi connectivity index (χ1v) is 9.02. The quantitative estimate of drug-likeness (QED) is 0.724. The maximum atomic E-state index is 12.6. The van der Waals surface area contributed by atoms with Crippen molar-refractivity contribution in [3.05, 3.63) is 88.9 Å². The average Bonchev–Trinajstić information content (AvgIpc) is 3.12. The summed E-state index contributed by atoms with van der Waals surface area (Å²) in [4.78, 5) is 12.6. The van der Waals surface area contributed by atoms with Gasteiger partial charge in [0.05, 0.1) is 6.26 Å². The van der Waals surface area contributed by atoms with Crippen LogP contribution in [0.15, 0.2) is 65.3 Å². The molecule has 2 aromatic carbocycles. The number of ether oxygens (including phenoxy) is 1. The van der Waals surface area contributed by atoms with Gasteiger partial charge in [-0.2, -0.15) is 0 Å². The molecule has 5 nitrogen and oxygen atoms in total. The third-order valence-corrected chi connectivity index (χ3v) is 5.11. The van der Waals surface area contributed by atoms with Crippen molar-refractivity contribution in [2.45, 2.75) is 18.6 Å². The fraction of sp³-hybridized carbons (Fsp3) is 0.174. The number of benzene rings is 2. The maximum absolute atomic E-state index is 12.6. The Morgan fingerprint density at radius 1 is 1.14 bits per heavy atom. The van der Waals surface area contributed by atoms with Crippen molar-refractivity contribution in [1.82, 2.24) is 0 Å². The largest absolute Gasteiger partial charge is 0.465 e. The minimum absolute atomic E-state index is 0.379. The van der Waals surface area contributed by atoms with Gasteiger partial charge in [-0.1, -0.05) is 42.5 Å². The molecule has 2 unspecified atom stereocenters. The molecule has 0 saturated carbocycles. The third-order valence-electron chi connectivity index (χ3n) is 5.11. The normalized spacial score (nSPS) is 21.5. The zero-order valence-corrected chi connectivity index (χ0v) is 15.7. The molecule has 0 bridgehead atoms. The molecule has 2 N–H and O–H groups in total. The average molecular weight is 375 g/mol. The van der Waals surface area contributed by atoms with Gasteiger partial charge in [0.25, 0.3) is 5.91 Å².